The van der Waals surface area contributed by atoms with E-state index in [2.05, 4.69) is 5.32 Å². The third-order valence-corrected chi connectivity index (χ3v) is 3.94. The number of benzene rings is 1. The van der Waals surface area contributed by atoms with Crippen molar-refractivity contribution < 1.29 is 4.92 Å². The normalized spacial score (nSPS) is 14.3. The highest BCUT2D eigenvalue weighted by Crippen LogP contribution is 2.37. The molecule has 0 saturated carbocycles. The maximum absolute atomic E-state index is 10.7. The molecule has 1 rings (SSSR count). The first-order valence-electron chi connectivity index (χ1n) is 5.83. The molecule has 1 atom stereocenters. The van der Waals surface area contributed by atoms with Gasteiger partial charge in [-0.15, -0.1) is 0 Å². The van der Waals surface area contributed by atoms with Crippen molar-refractivity contribution in [1.29, 1.82) is 0 Å². The van der Waals surface area contributed by atoms with Crippen LogP contribution in [0.2, 0.25) is 10.0 Å². The topological polar surface area (TPSA) is 81.2 Å². The van der Waals surface area contributed by atoms with Crippen molar-refractivity contribution in [2.45, 2.75) is 26.3 Å². The Labute approximate surface area is 122 Å². The Morgan fingerprint density at radius 2 is 1.89 bits per heavy atom. The number of non-ortho nitro benzene ring substituents is 1. The lowest BCUT2D eigenvalue weighted by molar-refractivity contribution is -0.384. The van der Waals surface area contributed by atoms with E-state index in [9.17, 15) is 10.1 Å². The van der Waals surface area contributed by atoms with Gasteiger partial charge in [-0.05, 0) is 12.8 Å². The Hall–Kier alpha value is -1.04. The zero-order valence-electron chi connectivity index (χ0n) is 11.0. The summed E-state index contributed by atoms with van der Waals surface area (Å²) in [6.45, 7) is 6.38. The molecule has 0 bridgehead atoms. The molecule has 7 heteroatoms. The Morgan fingerprint density at radius 1 is 1.42 bits per heavy atom. The molecule has 0 aromatic heterocycles. The molecule has 106 valence electrons. The predicted molar refractivity (Wildman–Crippen MR) is 79.0 cm³/mol. The number of nitro groups is 1. The monoisotopic (exact) mass is 305 g/mol. The quantitative estimate of drug-likeness (QED) is 0.642. The van der Waals surface area contributed by atoms with Crippen molar-refractivity contribution in [2.24, 2.45) is 11.7 Å². The second kappa shape index (κ2) is 5.94. The molecule has 1 aromatic rings. The minimum absolute atomic E-state index is 0.139. The summed E-state index contributed by atoms with van der Waals surface area (Å²) < 4.78 is 0. The molecule has 0 fully saturated rings. The van der Waals surface area contributed by atoms with E-state index in [0.29, 0.717) is 12.2 Å². The number of nitrogens with two attached hydrogens (primary N) is 1. The van der Waals surface area contributed by atoms with E-state index < -0.39 is 10.5 Å². The van der Waals surface area contributed by atoms with Crippen LogP contribution in [-0.2, 0) is 0 Å². The number of hydrogen-bond donors (Lipinski definition) is 2. The number of nitrogens with one attached hydrogen (secondary N) is 1. The molecule has 0 amide bonds. The molecular weight excluding hydrogens is 289 g/mol. The summed E-state index contributed by atoms with van der Waals surface area (Å²) in [5.41, 5.74) is 5.71. The number of anilines is 1. The van der Waals surface area contributed by atoms with Gasteiger partial charge in [0.15, 0.2) is 0 Å². The molecular formula is C12H17Cl2N3O2. The smallest absolute Gasteiger partial charge is 0.272 e. The van der Waals surface area contributed by atoms with Crippen LogP contribution < -0.4 is 11.1 Å². The van der Waals surface area contributed by atoms with Crippen LogP contribution in [0.25, 0.3) is 0 Å². The average Bonchev–Trinajstić information content (AvgIpc) is 2.32. The second-order valence-electron chi connectivity index (χ2n) is 4.94. The van der Waals surface area contributed by atoms with Gasteiger partial charge in [0.25, 0.3) is 5.69 Å². The van der Waals surface area contributed by atoms with Crippen LogP contribution in [0.5, 0.6) is 0 Å². The van der Waals surface area contributed by atoms with E-state index in [0.717, 1.165) is 0 Å². The summed E-state index contributed by atoms with van der Waals surface area (Å²) in [5.74, 6) is 0.236. The van der Waals surface area contributed by atoms with Crippen molar-refractivity contribution in [1.82, 2.24) is 0 Å². The summed E-state index contributed by atoms with van der Waals surface area (Å²) in [6.07, 6.45) is 0. The van der Waals surface area contributed by atoms with Crippen molar-refractivity contribution in [3.8, 4) is 0 Å². The SMILES string of the molecule is CC(C)C(C)(CN)Nc1c(Cl)cc([N+](=O)[O-])cc1Cl. The van der Waals surface area contributed by atoms with Crippen LogP contribution in [0.15, 0.2) is 12.1 Å². The minimum Gasteiger partial charge on any atom is -0.376 e. The van der Waals surface area contributed by atoms with E-state index in [1.54, 1.807) is 0 Å². The molecule has 19 heavy (non-hydrogen) atoms. The van der Waals surface area contributed by atoms with E-state index in [-0.39, 0.29) is 21.7 Å². The van der Waals surface area contributed by atoms with Gasteiger partial charge in [-0.25, -0.2) is 0 Å². The Kier molecular flexibility index (Phi) is 5.01. The molecule has 5 nitrogen and oxygen atoms in total. The predicted octanol–water partition coefficient (Wildman–Crippen LogP) is 3.69. The largest absolute Gasteiger partial charge is 0.376 e. The Morgan fingerprint density at radius 3 is 2.21 bits per heavy atom. The molecule has 0 radical (unpaired) electrons. The number of nitrogens with zero attached hydrogens (tertiary/aromatic N) is 1. The maximum Gasteiger partial charge on any atom is 0.272 e. The lowest BCUT2D eigenvalue weighted by Crippen LogP contribution is -2.47. The standard InChI is InChI=1S/C12H17Cl2N3O2/c1-7(2)12(3,6-15)16-11-9(13)4-8(17(18)19)5-10(11)14/h4-5,7,16H,6,15H2,1-3H3. The van der Waals surface area contributed by atoms with E-state index in [1.165, 1.54) is 12.1 Å². The van der Waals surface area contributed by atoms with Crippen molar-refractivity contribution >= 4 is 34.6 Å². The maximum atomic E-state index is 10.7. The molecule has 0 aliphatic heterocycles. The van der Waals surface area contributed by atoms with Gasteiger partial charge in [-0.2, -0.15) is 0 Å². The zero-order chi connectivity index (χ0) is 14.8. The van der Waals surface area contributed by atoms with Gasteiger partial charge in [0.1, 0.15) is 0 Å². The average molecular weight is 306 g/mol. The molecule has 0 aliphatic carbocycles. The highest BCUT2D eigenvalue weighted by Gasteiger charge is 2.28. The van der Waals surface area contributed by atoms with Crippen LogP contribution in [0, 0.1) is 16.0 Å². The molecule has 1 aromatic carbocycles. The van der Waals surface area contributed by atoms with Crippen molar-refractivity contribution in [2.75, 3.05) is 11.9 Å². The van der Waals surface area contributed by atoms with Gasteiger partial charge >= 0.3 is 0 Å². The number of nitro benzene ring substituents is 1. The van der Waals surface area contributed by atoms with Crippen LogP contribution in [-0.4, -0.2) is 17.0 Å². The van der Waals surface area contributed by atoms with E-state index >= 15 is 0 Å². The first-order chi connectivity index (χ1) is 8.71. The summed E-state index contributed by atoms with van der Waals surface area (Å²) in [6, 6.07) is 2.54. The van der Waals surface area contributed by atoms with Gasteiger partial charge in [-0.3, -0.25) is 10.1 Å². The number of rotatable bonds is 5. The highest BCUT2D eigenvalue weighted by atomic mass is 35.5. The fourth-order valence-electron chi connectivity index (χ4n) is 1.50. The second-order valence-corrected chi connectivity index (χ2v) is 5.76. The first kappa shape index (κ1) is 16.0. The third-order valence-electron chi connectivity index (χ3n) is 3.35. The van der Waals surface area contributed by atoms with Crippen LogP contribution in [0.4, 0.5) is 11.4 Å². The van der Waals surface area contributed by atoms with Crippen molar-refractivity contribution in [3.05, 3.63) is 32.3 Å². The summed E-state index contributed by atoms with van der Waals surface area (Å²) in [4.78, 5) is 10.2. The van der Waals surface area contributed by atoms with Gasteiger partial charge < -0.3 is 11.1 Å². The number of halogens is 2. The summed E-state index contributed by atoms with van der Waals surface area (Å²) >= 11 is 12.1. The molecule has 1 unspecified atom stereocenters. The fraction of sp³-hybridized carbons (Fsp3) is 0.500. The Bertz CT molecular complexity index is 471. The molecule has 3 N–H and O–H groups in total. The van der Waals surface area contributed by atoms with Crippen LogP contribution in [0.3, 0.4) is 0 Å². The fourth-order valence-corrected chi connectivity index (χ4v) is 2.07. The zero-order valence-corrected chi connectivity index (χ0v) is 12.5. The molecule has 0 saturated heterocycles. The van der Waals surface area contributed by atoms with Gasteiger partial charge in [-0.1, -0.05) is 37.0 Å². The van der Waals surface area contributed by atoms with Gasteiger partial charge in [0.2, 0.25) is 0 Å². The number of hydrogen-bond acceptors (Lipinski definition) is 4. The molecule has 0 spiro atoms. The summed E-state index contributed by atoms with van der Waals surface area (Å²) in [5, 5.41) is 14.3. The van der Waals surface area contributed by atoms with Crippen molar-refractivity contribution in [3.63, 3.8) is 0 Å². The highest BCUT2D eigenvalue weighted by molar-refractivity contribution is 6.39. The van der Waals surface area contributed by atoms with E-state index in [4.69, 9.17) is 28.9 Å². The Balaban J connectivity index is 3.19. The molecule has 0 aliphatic rings. The lowest BCUT2D eigenvalue weighted by atomic mass is 9.88. The van der Waals surface area contributed by atoms with Crippen LogP contribution >= 0.6 is 23.2 Å². The van der Waals surface area contributed by atoms with Gasteiger partial charge in [0.05, 0.1) is 20.7 Å². The first-order valence-corrected chi connectivity index (χ1v) is 6.58. The van der Waals surface area contributed by atoms with E-state index in [1.807, 2.05) is 20.8 Å². The van der Waals surface area contributed by atoms with Crippen LogP contribution in [0.1, 0.15) is 20.8 Å². The lowest BCUT2D eigenvalue weighted by Gasteiger charge is -2.35. The third kappa shape index (κ3) is 3.49. The summed E-state index contributed by atoms with van der Waals surface area (Å²) in [7, 11) is 0. The molecule has 0 heterocycles. The minimum atomic E-state index is -0.536. The van der Waals surface area contributed by atoms with Gasteiger partial charge in [0, 0.05) is 24.2 Å².